The van der Waals surface area contributed by atoms with Crippen molar-refractivity contribution < 1.29 is 9.13 Å². The van der Waals surface area contributed by atoms with E-state index in [0.29, 0.717) is 13.2 Å². The third-order valence-corrected chi connectivity index (χ3v) is 3.19. The molecule has 0 radical (unpaired) electrons. The highest BCUT2D eigenvalue weighted by atomic mass is 35.5. The van der Waals surface area contributed by atoms with E-state index < -0.39 is 5.82 Å². The SMILES string of the molecule is COCCCn1ccnc1NCc1ccc(F)c(Cl)c1. The lowest BCUT2D eigenvalue weighted by molar-refractivity contribution is 0.190. The molecular formula is C14H17ClFN3O. The van der Waals surface area contributed by atoms with Crippen LogP contribution in [0.5, 0.6) is 0 Å². The van der Waals surface area contributed by atoms with E-state index in [4.69, 9.17) is 16.3 Å². The summed E-state index contributed by atoms with van der Waals surface area (Å²) >= 11 is 5.75. The molecule has 1 aromatic carbocycles. The zero-order valence-corrected chi connectivity index (χ0v) is 12.0. The fourth-order valence-electron chi connectivity index (χ4n) is 1.87. The number of nitrogens with zero attached hydrogens (tertiary/aromatic N) is 2. The van der Waals surface area contributed by atoms with E-state index in [1.165, 1.54) is 6.07 Å². The lowest BCUT2D eigenvalue weighted by atomic mass is 10.2. The Bertz CT molecular complexity index is 559. The normalized spacial score (nSPS) is 10.8. The summed E-state index contributed by atoms with van der Waals surface area (Å²) in [6.07, 6.45) is 4.58. The molecule has 6 heteroatoms. The number of hydrogen-bond acceptors (Lipinski definition) is 3. The van der Waals surface area contributed by atoms with Crippen molar-refractivity contribution >= 4 is 17.5 Å². The third-order valence-electron chi connectivity index (χ3n) is 2.90. The molecule has 0 atom stereocenters. The van der Waals surface area contributed by atoms with Crippen LogP contribution in [0.3, 0.4) is 0 Å². The van der Waals surface area contributed by atoms with Crippen LogP contribution in [0.2, 0.25) is 5.02 Å². The van der Waals surface area contributed by atoms with Crippen LogP contribution in [0, 0.1) is 5.82 Å². The van der Waals surface area contributed by atoms with Gasteiger partial charge in [-0.25, -0.2) is 9.37 Å². The first-order valence-corrected chi connectivity index (χ1v) is 6.76. The maximum Gasteiger partial charge on any atom is 0.203 e. The molecule has 108 valence electrons. The maximum absolute atomic E-state index is 13.1. The number of ether oxygens (including phenoxy) is 1. The number of halogens is 2. The number of anilines is 1. The average Bonchev–Trinajstić information content (AvgIpc) is 2.88. The fourth-order valence-corrected chi connectivity index (χ4v) is 2.07. The Morgan fingerprint density at radius 3 is 3.05 bits per heavy atom. The van der Waals surface area contributed by atoms with E-state index in [9.17, 15) is 4.39 Å². The first-order chi connectivity index (χ1) is 9.70. The van der Waals surface area contributed by atoms with Gasteiger partial charge in [-0.05, 0) is 24.1 Å². The van der Waals surface area contributed by atoms with Crippen LogP contribution in [-0.2, 0) is 17.8 Å². The number of aryl methyl sites for hydroxylation is 1. The Labute approximate surface area is 122 Å². The van der Waals surface area contributed by atoms with E-state index in [0.717, 1.165) is 24.5 Å². The van der Waals surface area contributed by atoms with Crippen LogP contribution in [-0.4, -0.2) is 23.3 Å². The molecule has 20 heavy (non-hydrogen) atoms. The molecule has 0 fully saturated rings. The smallest absolute Gasteiger partial charge is 0.203 e. The second kappa shape index (κ2) is 7.26. The molecule has 2 rings (SSSR count). The predicted octanol–water partition coefficient (Wildman–Crippen LogP) is 3.32. The molecular weight excluding hydrogens is 281 g/mol. The van der Waals surface area contributed by atoms with Crippen LogP contribution in [0.15, 0.2) is 30.6 Å². The molecule has 1 aromatic heterocycles. The number of imidazole rings is 1. The average molecular weight is 298 g/mol. The van der Waals surface area contributed by atoms with Gasteiger partial charge in [0.2, 0.25) is 5.95 Å². The highest BCUT2D eigenvalue weighted by Gasteiger charge is 2.04. The molecule has 1 heterocycles. The van der Waals surface area contributed by atoms with E-state index in [-0.39, 0.29) is 5.02 Å². The van der Waals surface area contributed by atoms with Gasteiger partial charge in [-0.15, -0.1) is 0 Å². The Morgan fingerprint density at radius 2 is 2.30 bits per heavy atom. The Balaban J connectivity index is 1.93. The molecule has 4 nitrogen and oxygen atoms in total. The van der Waals surface area contributed by atoms with E-state index in [1.54, 1.807) is 25.4 Å². The maximum atomic E-state index is 13.1. The largest absolute Gasteiger partial charge is 0.385 e. The molecule has 0 unspecified atom stereocenters. The zero-order chi connectivity index (χ0) is 14.4. The summed E-state index contributed by atoms with van der Waals surface area (Å²) in [5.41, 5.74) is 0.905. The first-order valence-electron chi connectivity index (χ1n) is 6.38. The van der Waals surface area contributed by atoms with Crippen molar-refractivity contribution in [2.75, 3.05) is 19.0 Å². The summed E-state index contributed by atoms with van der Waals surface area (Å²) in [4.78, 5) is 4.25. The van der Waals surface area contributed by atoms with Gasteiger partial charge in [0, 0.05) is 39.2 Å². The van der Waals surface area contributed by atoms with Gasteiger partial charge >= 0.3 is 0 Å². The number of nitrogens with one attached hydrogen (secondary N) is 1. The van der Waals surface area contributed by atoms with Crippen LogP contribution in [0.25, 0.3) is 0 Å². The molecule has 0 bridgehead atoms. The number of benzene rings is 1. The molecule has 2 aromatic rings. The summed E-state index contributed by atoms with van der Waals surface area (Å²) in [5.74, 6) is 0.373. The van der Waals surface area contributed by atoms with Gasteiger partial charge in [0.25, 0.3) is 0 Å². The second-order valence-electron chi connectivity index (χ2n) is 4.39. The molecule has 0 aliphatic heterocycles. The highest BCUT2D eigenvalue weighted by molar-refractivity contribution is 6.30. The van der Waals surface area contributed by atoms with E-state index in [1.807, 2.05) is 10.8 Å². The van der Waals surface area contributed by atoms with Gasteiger partial charge in [-0.1, -0.05) is 17.7 Å². The van der Waals surface area contributed by atoms with Gasteiger partial charge in [-0.2, -0.15) is 0 Å². The monoisotopic (exact) mass is 297 g/mol. The molecule has 0 aliphatic carbocycles. The van der Waals surface area contributed by atoms with Crippen molar-refractivity contribution in [2.24, 2.45) is 0 Å². The van der Waals surface area contributed by atoms with Gasteiger partial charge in [-0.3, -0.25) is 0 Å². The second-order valence-corrected chi connectivity index (χ2v) is 4.80. The molecule has 0 saturated heterocycles. The fraction of sp³-hybridized carbons (Fsp3) is 0.357. The van der Waals surface area contributed by atoms with Crippen molar-refractivity contribution in [1.82, 2.24) is 9.55 Å². The lowest BCUT2D eigenvalue weighted by Gasteiger charge is -2.10. The number of rotatable bonds is 7. The molecule has 0 aliphatic rings. The Morgan fingerprint density at radius 1 is 1.45 bits per heavy atom. The van der Waals surface area contributed by atoms with Crippen molar-refractivity contribution in [3.05, 3.63) is 47.0 Å². The van der Waals surface area contributed by atoms with E-state index >= 15 is 0 Å². The van der Waals surface area contributed by atoms with Crippen molar-refractivity contribution in [2.45, 2.75) is 19.5 Å². The number of hydrogen-bond donors (Lipinski definition) is 1. The highest BCUT2D eigenvalue weighted by Crippen LogP contribution is 2.17. The summed E-state index contributed by atoms with van der Waals surface area (Å²) in [6, 6.07) is 4.68. The molecule has 0 spiro atoms. The quantitative estimate of drug-likeness (QED) is 0.797. The minimum Gasteiger partial charge on any atom is -0.385 e. The van der Waals surface area contributed by atoms with Crippen LogP contribution in [0.4, 0.5) is 10.3 Å². The predicted molar refractivity (Wildman–Crippen MR) is 77.5 cm³/mol. The van der Waals surface area contributed by atoms with Crippen LogP contribution < -0.4 is 5.32 Å². The summed E-state index contributed by atoms with van der Waals surface area (Å²) < 4.78 is 20.1. The summed E-state index contributed by atoms with van der Waals surface area (Å²) in [7, 11) is 1.69. The molecule has 1 N–H and O–H groups in total. The molecule has 0 amide bonds. The minimum atomic E-state index is -0.406. The van der Waals surface area contributed by atoms with Gasteiger partial charge < -0.3 is 14.6 Å². The molecule has 0 saturated carbocycles. The van der Waals surface area contributed by atoms with E-state index in [2.05, 4.69) is 10.3 Å². The number of methoxy groups -OCH3 is 1. The lowest BCUT2D eigenvalue weighted by Crippen LogP contribution is -2.08. The van der Waals surface area contributed by atoms with Crippen LogP contribution >= 0.6 is 11.6 Å². The summed E-state index contributed by atoms with van der Waals surface area (Å²) in [6.45, 7) is 2.09. The number of aromatic nitrogens is 2. The minimum absolute atomic E-state index is 0.132. The summed E-state index contributed by atoms with van der Waals surface area (Å²) in [5, 5.41) is 3.35. The zero-order valence-electron chi connectivity index (χ0n) is 11.3. The van der Waals surface area contributed by atoms with Crippen LogP contribution in [0.1, 0.15) is 12.0 Å². The van der Waals surface area contributed by atoms with Crippen molar-refractivity contribution in [3.8, 4) is 0 Å². The van der Waals surface area contributed by atoms with Crippen molar-refractivity contribution in [3.63, 3.8) is 0 Å². The van der Waals surface area contributed by atoms with Gasteiger partial charge in [0.05, 0.1) is 5.02 Å². The van der Waals surface area contributed by atoms with Gasteiger partial charge in [0.1, 0.15) is 5.82 Å². The Hall–Kier alpha value is -1.59. The Kier molecular flexibility index (Phi) is 5.38. The third kappa shape index (κ3) is 3.95. The first kappa shape index (κ1) is 14.8. The topological polar surface area (TPSA) is 39.1 Å². The van der Waals surface area contributed by atoms with Crippen molar-refractivity contribution in [1.29, 1.82) is 0 Å². The van der Waals surface area contributed by atoms with Gasteiger partial charge in [0.15, 0.2) is 0 Å². The standard InChI is InChI=1S/C14H17ClFN3O/c1-20-8-2-6-19-7-5-17-14(19)18-10-11-3-4-13(16)12(15)9-11/h3-5,7,9H,2,6,8,10H2,1H3,(H,17,18).